The van der Waals surface area contributed by atoms with Crippen LogP contribution in [-0.2, 0) is 13.0 Å². The van der Waals surface area contributed by atoms with E-state index in [-0.39, 0.29) is 5.69 Å². The fourth-order valence-electron chi connectivity index (χ4n) is 2.65. The highest BCUT2D eigenvalue weighted by atomic mass is 16.1. The van der Waals surface area contributed by atoms with Crippen molar-refractivity contribution in [3.8, 4) is 0 Å². The van der Waals surface area contributed by atoms with E-state index >= 15 is 0 Å². The Morgan fingerprint density at radius 2 is 2.00 bits per heavy atom. The Balaban J connectivity index is 1.49. The maximum absolute atomic E-state index is 10.9. The maximum atomic E-state index is 10.9. The molecule has 1 aromatic carbocycles. The molecule has 0 aliphatic carbocycles. The number of anilines is 1. The average Bonchev–Trinajstić information content (AvgIpc) is 2.55. The van der Waals surface area contributed by atoms with Crippen molar-refractivity contribution >= 4 is 11.7 Å². The fraction of sp³-hybridized carbons (Fsp3) is 0.312. The maximum Gasteiger partial charge on any atom is 0.269 e. The topological polar surface area (TPSA) is 84.1 Å². The molecule has 0 radical (unpaired) electrons. The number of carbonyl (C=O) groups excluding carboxylic acids is 1. The molecule has 3 N–H and O–H groups in total. The van der Waals surface area contributed by atoms with E-state index in [1.165, 1.54) is 11.1 Å². The van der Waals surface area contributed by atoms with E-state index in [4.69, 9.17) is 5.73 Å². The average molecular weight is 297 g/mol. The first-order valence-electron chi connectivity index (χ1n) is 7.39. The van der Waals surface area contributed by atoms with Crippen LogP contribution in [0.25, 0.3) is 0 Å². The first-order valence-corrected chi connectivity index (χ1v) is 7.39. The second-order valence-corrected chi connectivity index (χ2v) is 5.39. The van der Waals surface area contributed by atoms with Crippen molar-refractivity contribution in [2.24, 2.45) is 5.73 Å². The van der Waals surface area contributed by atoms with Gasteiger partial charge in [0.25, 0.3) is 5.91 Å². The van der Waals surface area contributed by atoms with Gasteiger partial charge in [0.1, 0.15) is 5.82 Å². The molecule has 0 bridgehead atoms. The molecule has 0 spiro atoms. The van der Waals surface area contributed by atoms with Gasteiger partial charge in [0.2, 0.25) is 0 Å². The van der Waals surface area contributed by atoms with Crippen LogP contribution in [0.2, 0.25) is 0 Å². The minimum atomic E-state index is -0.564. The molecule has 1 aliphatic rings. The number of rotatable bonds is 5. The second kappa shape index (κ2) is 6.53. The van der Waals surface area contributed by atoms with Gasteiger partial charge in [0.15, 0.2) is 5.69 Å². The van der Waals surface area contributed by atoms with Gasteiger partial charge in [0.05, 0.1) is 0 Å². The first kappa shape index (κ1) is 14.5. The van der Waals surface area contributed by atoms with Crippen LogP contribution >= 0.6 is 0 Å². The lowest BCUT2D eigenvalue weighted by Gasteiger charge is -2.28. The highest BCUT2D eigenvalue weighted by Gasteiger charge is 2.14. The molecule has 0 fully saturated rings. The Morgan fingerprint density at radius 1 is 1.18 bits per heavy atom. The lowest BCUT2D eigenvalue weighted by molar-refractivity contribution is 0.0994. The number of aromatic nitrogens is 2. The predicted octanol–water partition coefficient (Wildman–Crippen LogP) is 1.05. The minimum absolute atomic E-state index is 0.179. The molecule has 114 valence electrons. The van der Waals surface area contributed by atoms with Crippen molar-refractivity contribution in [2.75, 3.05) is 25.0 Å². The number of nitrogens with zero attached hydrogens (tertiary/aromatic N) is 3. The molecule has 1 aromatic heterocycles. The summed E-state index contributed by atoms with van der Waals surface area (Å²) in [5, 5.41) is 10.9. The van der Waals surface area contributed by atoms with Crippen LogP contribution in [0.15, 0.2) is 36.4 Å². The Morgan fingerprint density at radius 3 is 2.73 bits per heavy atom. The van der Waals surface area contributed by atoms with Crippen LogP contribution in [0.4, 0.5) is 5.82 Å². The van der Waals surface area contributed by atoms with Gasteiger partial charge in [-0.05, 0) is 29.7 Å². The molecule has 6 nitrogen and oxygen atoms in total. The van der Waals surface area contributed by atoms with E-state index in [1.807, 2.05) is 0 Å². The van der Waals surface area contributed by atoms with E-state index in [9.17, 15) is 4.79 Å². The van der Waals surface area contributed by atoms with Crippen LogP contribution in [-0.4, -0.2) is 40.6 Å². The summed E-state index contributed by atoms with van der Waals surface area (Å²) in [5.74, 6) is 0.0911. The van der Waals surface area contributed by atoms with Gasteiger partial charge in [-0.3, -0.25) is 9.69 Å². The van der Waals surface area contributed by atoms with E-state index in [0.29, 0.717) is 5.82 Å². The molecule has 3 rings (SSSR count). The molecule has 1 aliphatic heterocycles. The molecule has 0 atom stereocenters. The Hall–Kier alpha value is -2.47. The predicted molar refractivity (Wildman–Crippen MR) is 84.5 cm³/mol. The zero-order chi connectivity index (χ0) is 15.4. The van der Waals surface area contributed by atoms with E-state index < -0.39 is 5.91 Å². The summed E-state index contributed by atoms with van der Waals surface area (Å²) in [4.78, 5) is 13.3. The summed E-state index contributed by atoms with van der Waals surface area (Å²) in [6.07, 6.45) is 1.10. The van der Waals surface area contributed by atoms with Gasteiger partial charge < -0.3 is 11.1 Å². The van der Waals surface area contributed by atoms with Crippen molar-refractivity contribution in [3.05, 3.63) is 53.2 Å². The first-order chi connectivity index (χ1) is 10.7. The third-order valence-electron chi connectivity index (χ3n) is 3.86. The quantitative estimate of drug-likeness (QED) is 0.861. The van der Waals surface area contributed by atoms with Crippen LogP contribution in [0.1, 0.15) is 21.6 Å². The summed E-state index contributed by atoms with van der Waals surface area (Å²) >= 11 is 0. The molecule has 1 amide bonds. The van der Waals surface area contributed by atoms with Crippen molar-refractivity contribution in [1.82, 2.24) is 15.1 Å². The van der Waals surface area contributed by atoms with E-state index in [1.54, 1.807) is 12.1 Å². The highest BCUT2D eigenvalue weighted by Crippen LogP contribution is 2.17. The summed E-state index contributed by atoms with van der Waals surface area (Å²) in [7, 11) is 0. The van der Waals surface area contributed by atoms with Gasteiger partial charge >= 0.3 is 0 Å². The van der Waals surface area contributed by atoms with Crippen molar-refractivity contribution in [3.63, 3.8) is 0 Å². The largest absolute Gasteiger partial charge is 0.367 e. The summed E-state index contributed by atoms with van der Waals surface area (Å²) < 4.78 is 0. The number of primary amides is 1. The Bertz CT molecular complexity index is 656. The second-order valence-electron chi connectivity index (χ2n) is 5.39. The van der Waals surface area contributed by atoms with Crippen LogP contribution in [0.3, 0.4) is 0 Å². The molecule has 2 heterocycles. The number of carbonyl (C=O) groups is 1. The lowest BCUT2D eigenvalue weighted by Crippen LogP contribution is -2.34. The zero-order valence-corrected chi connectivity index (χ0v) is 12.3. The number of nitrogens with one attached hydrogen (secondary N) is 1. The van der Waals surface area contributed by atoms with Crippen molar-refractivity contribution in [2.45, 2.75) is 13.0 Å². The molecule has 0 saturated carbocycles. The number of nitrogens with two attached hydrogens (primary N) is 1. The Kier molecular flexibility index (Phi) is 4.29. The molecule has 6 heteroatoms. The van der Waals surface area contributed by atoms with Gasteiger partial charge in [-0.15, -0.1) is 10.2 Å². The molecule has 22 heavy (non-hydrogen) atoms. The number of fused-ring (bicyclic) bond motifs is 1. The number of hydrogen-bond donors (Lipinski definition) is 2. The third kappa shape index (κ3) is 3.40. The summed E-state index contributed by atoms with van der Waals surface area (Å²) in [6, 6.07) is 11.9. The van der Waals surface area contributed by atoms with Crippen LogP contribution in [0.5, 0.6) is 0 Å². The molecular formula is C16H19N5O. The third-order valence-corrected chi connectivity index (χ3v) is 3.86. The fourth-order valence-corrected chi connectivity index (χ4v) is 2.65. The van der Waals surface area contributed by atoms with Crippen LogP contribution < -0.4 is 11.1 Å². The lowest BCUT2D eigenvalue weighted by atomic mass is 10.00. The summed E-state index contributed by atoms with van der Waals surface area (Å²) in [6.45, 7) is 3.79. The van der Waals surface area contributed by atoms with Gasteiger partial charge in [0, 0.05) is 26.2 Å². The monoisotopic (exact) mass is 297 g/mol. The van der Waals surface area contributed by atoms with Crippen molar-refractivity contribution in [1.29, 1.82) is 0 Å². The molecule has 0 unspecified atom stereocenters. The van der Waals surface area contributed by atoms with Gasteiger partial charge in [-0.2, -0.15) is 0 Å². The number of benzene rings is 1. The normalized spacial score (nSPS) is 14.4. The standard InChI is InChI=1S/C16H19N5O/c17-16(22)14-5-6-15(20-19-14)18-8-10-21-9-7-12-3-1-2-4-13(12)11-21/h1-6H,7-11H2,(H2,17,22)(H,18,20). The Labute approximate surface area is 129 Å². The van der Waals surface area contributed by atoms with E-state index in [0.717, 1.165) is 32.6 Å². The number of hydrogen-bond acceptors (Lipinski definition) is 5. The zero-order valence-electron chi connectivity index (χ0n) is 12.3. The van der Waals surface area contributed by atoms with Gasteiger partial charge in [-0.25, -0.2) is 0 Å². The highest BCUT2D eigenvalue weighted by molar-refractivity contribution is 5.90. The molecule has 2 aromatic rings. The molecule has 0 saturated heterocycles. The van der Waals surface area contributed by atoms with Crippen molar-refractivity contribution < 1.29 is 4.79 Å². The smallest absolute Gasteiger partial charge is 0.269 e. The summed E-state index contributed by atoms with van der Waals surface area (Å²) in [5.41, 5.74) is 8.18. The van der Waals surface area contributed by atoms with E-state index in [2.05, 4.69) is 44.7 Å². The SMILES string of the molecule is NC(=O)c1ccc(NCCN2CCc3ccccc3C2)nn1. The minimum Gasteiger partial charge on any atom is -0.367 e. The number of amides is 1. The van der Waals surface area contributed by atoms with Crippen LogP contribution in [0, 0.1) is 0 Å². The van der Waals surface area contributed by atoms with Gasteiger partial charge in [-0.1, -0.05) is 24.3 Å². The molecular weight excluding hydrogens is 278 g/mol.